The van der Waals surface area contributed by atoms with Crippen LogP contribution in [0.3, 0.4) is 0 Å². The van der Waals surface area contributed by atoms with E-state index < -0.39 is 0 Å². The van der Waals surface area contributed by atoms with Crippen molar-refractivity contribution >= 4 is 17.3 Å². The Bertz CT molecular complexity index is 378. The second-order valence-corrected chi connectivity index (χ2v) is 3.15. The molecule has 0 radical (unpaired) electrons. The molecule has 1 amide bonds. The van der Waals surface area contributed by atoms with Gasteiger partial charge in [0.1, 0.15) is 0 Å². The first kappa shape index (κ1) is 11.2. The lowest BCUT2D eigenvalue weighted by atomic mass is 10.2. The second-order valence-electron chi connectivity index (χ2n) is 3.15. The van der Waals surface area contributed by atoms with E-state index in [1.54, 1.807) is 19.9 Å². The molecule has 5 nitrogen and oxygen atoms in total. The molecule has 0 aliphatic heterocycles. The lowest BCUT2D eigenvalue weighted by Gasteiger charge is -2.01. The molecular formula is C10H13N3O2. The van der Waals surface area contributed by atoms with Crippen LogP contribution >= 0.6 is 0 Å². The molecule has 5 heteroatoms. The van der Waals surface area contributed by atoms with Crippen molar-refractivity contribution in [3.8, 4) is 0 Å². The molecule has 0 aromatic carbocycles. The Morgan fingerprint density at radius 2 is 2.20 bits per heavy atom. The standard InChI is InChI=1S/C10H13N3O2/c1-7(8(2)13-15)11-12-10(14)9-5-3-4-6-9/h3-5,15H,6H2,1-2H3,(H,12,14). The summed E-state index contributed by atoms with van der Waals surface area (Å²) in [5, 5.41) is 15.2. The third-order valence-electron chi connectivity index (χ3n) is 2.06. The molecule has 2 N–H and O–H groups in total. The van der Waals surface area contributed by atoms with E-state index in [0.29, 0.717) is 23.4 Å². The van der Waals surface area contributed by atoms with Crippen LogP contribution in [-0.4, -0.2) is 22.5 Å². The molecule has 0 saturated carbocycles. The lowest BCUT2D eigenvalue weighted by molar-refractivity contribution is -0.117. The van der Waals surface area contributed by atoms with Crippen LogP contribution < -0.4 is 5.43 Å². The van der Waals surface area contributed by atoms with Crippen LogP contribution in [-0.2, 0) is 4.79 Å². The number of carbonyl (C=O) groups excluding carboxylic acids is 1. The zero-order valence-electron chi connectivity index (χ0n) is 8.69. The highest BCUT2D eigenvalue weighted by Crippen LogP contribution is 2.09. The minimum absolute atomic E-state index is 0.231. The quantitative estimate of drug-likeness (QED) is 0.414. The number of oxime groups is 1. The highest BCUT2D eigenvalue weighted by molar-refractivity contribution is 6.40. The molecule has 0 unspecified atom stereocenters. The molecule has 0 aromatic heterocycles. The SMILES string of the molecule is CC(=NO)C(C)=NNC(=O)C1=CC=CC1. The third-order valence-corrected chi connectivity index (χ3v) is 2.06. The molecule has 0 aromatic rings. The van der Waals surface area contributed by atoms with Crippen molar-refractivity contribution in [2.45, 2.75) is 20.3 Å². The monoisotopic (exact) mass is 207 g/mol. The number of amides is 1. The fourth-order valence-corrected chi connectivity index (χ4v) is 0.975. The molecule has 0 bridgehead atoms. The molecule has 15 heavy (non-hydrogen) atoms. The molecular weight excluding hydrogens is 194 g/mol. The summed E-state index contributed by atoms with van der Waals surface area (Å²) in [7, 11) is 0. The van der Waals surface area contributed by atoms with Crippen LogP contribution in [0.25, 0.3) is 0 Å². The fraction of sp³-hybridized carbons (Fsp3) is 0.300. The van der Waals surface area contributed by atoms with Crippen molar-refractivity contribution in [2.24, 2.45) is 10.3 Å². The maximum atomic E-state index is 11.4. The predicted molar refractivity (Wildman–Crippen MR) is 58.0 cm³/mol. The minimum Gasteiger partial charge on any atom is -0.411 e. The predicted octanol–water partition coefficient (Wildman–Crippen LogP) is 1.21. The summed E-state index contributed by atoms with van der Waals surface area (Å²) in [5.41, 5.74) is 3.90. The second kappa shape index (κ2) is 5.09. The van der Waals surface area contributed by atoms with Crippen LogP contribution in [0.1, 0.15) is 20.3 Å². The number of hydrazone groups is 1. The smallest absolute Gasteiger partial charge is 0.267 e. The summed E-state index contributed by atoms with van der Waals surface area (Å²) < 4.78 is 0. The Hall–Kier alpha value is -1.91. The number of rotatable bonds is 3. The molecule has 0 heterocycles. The third kappa shape index (κ3) is 3.05. The van der Waals surface area contributed by atoms with Gasteiger partial charge in [-0.15, -0.1) is 0 Å². The van der Waals surface area contributed by atoms with Gasteiger partial charge < -0.3 is 5.21 Å². The lowest BCUT2D eigenvalue weighted by Crippen LogP contribution is -2.22. The fourth-order valence-electron chi connectivity index (χ4n) is 0.975. The minimum atomic E-state index is -0.231. The first-order valence-corrected chi connectivity index (χ1v) is 4.54. The summed E-state index contributed by atoms with van der Waals surface area (Å²) in [5.74, 6) is -0.231. The molecule has 1 aliphatic rings. The van der Waals surface area contributed by atoms with Crippen LogP contribution in [0.15, 0.2) is 34.1 Å². The van der Waals surface area contributed by atoms with E-state index in [2.05, 4.69) is 15.7 Å². The van der Waals surface area contributed by atoms with Gasteiger partial charge in [0.15, 0.2) is 0 Å². The van der Waals surface area contributed by atoms with Crippen molar-refractivity contribution in [3.63, 3.8) is 0 Å². The summed E-state index contributed by atoms with van der Waals surface area (Å²) in [6.07, 6.45) is 6.10. The van der Waals surface area contributed by atoms with Gasteiger partial charge in [-0.05, 0) is 20.3 Å². The van der Waals surface area contributed by atoms with Crippen molar-refractivity contribution in [3.05, 3.63) is 23.8 Å². The Morgan fingerprint density at radius 3 is 2.73 bits per heavy atom. The summed E-state index contributed by atoms with van der Waals surface area (Å²) in [4.78, 5) is 11.4. The zero-order valence-corrected chi connectivity index (χ0v) is 8.69. The van der Waals surface area contributed by atoms with E-state index in [1.807, 2.05) is 12.2 Å². The number of allylic oxidation sites excluding steroid dienone is 3. The van der Waals surface area contributed by atoms with E-state index in [9.17, 15) is 4.79 Å². The molecule has 80 valence electrons. The highest BCUT2D eigenvalue weighted by atomic mass is 16.4. The normalized spacial score (nSPS) is 16.5. The Kier molecular flexibility index (Phi) is 3.79. The number of nitrogens with zero attached hydrogens (tertiary/aromatic N) is 2. The van der Waals surface area contributed by atoms with Crippen LogP contribution in [0.5, 0.6) is 0 Å². The average molecular weight is 207 g/mol. The van der Waals surface area contributed by atoms with E-state index in [0.717, 1.165) is 0 Å². The summed E-state index contributed by atoms with van der Waals surface area (Å²) in [6, 6.07) is 0. The molecule has 0 saturated heterocycles. The Balaban J connectivity index is 2.53. The largest absolute Gasteiger partial charge is 0.411 e. The van der Waals surface area contributed by atoms with Gasteiger partial charge in [0, 0.05) is 5.57 Å². The molecule has 0 spiro atoms. The van der Waals surface area contributed by atoms with Crippen molar-refractivity contribution in [1.82, 2.24) is 5.43 Å². The van der Waals surface area contributed by atoms with Gasteiger partial charge in [-0.25, -0.2) is 5.43 Å². The summed E-state index contributed by atoms with van der Waals surface area (Å²) >= 11 is 0. The number of hydrogen-bond acceptors (Lipinski definition) is 4. The van der Waals surface area contributed by atoms with E-state index in [-0.39, 0.29) is 5.91 Å². The van der Waals surface area contributed by atoms with E-state index in [4.69, 9.17) is 5.21 Å². The maximum Gasteiger partial charge on any atom is 0.267 e. The molecule has 1 rings (SSSR count). The van der Waals surface area contributed by atoms with E-state index >= 15 is 0 Å². The average Bonchev–Trinajstić information content (AvgIpc) is 2.77. The van der Waals surface area contributed by atoms with Crippen LogP contribution in [0.2, 0.25) is 0 Å². The van der Waals surface area contributed by atoms with Gasteiger partial charge in [-0.2, -0.15) is 5.10 Å². The van der Waals surface area contributed by atoms with Gasteiger partial charge in [-0.1, -0.05) is 23.4 Å². The molecule has 1 aliphatic carbocycles. The molecule has 0 fully saturated rings. The first-order chi connectivity index (χ1) is 7.15. The van der Waals surface area contributed by atoms with Crippen molar-refractivity contribution in [1.29, 1.82) is 0 Å². The number of nitrogens with one attached hydrogen (secondary N) is 1. The van der Waals surface area contributed by atoms with Gasteiger partial charge in [0.2, 0.25) is 0 Å². The first-order valence-electron chi connectivity index (χ1n) is 4.54. The topological polar surface area (TPSA) is 74.1 Å². The van der Waals surface area contributed by atoms with Crippen molar-refractivity contribution in [2.75, 3.05) is 0 Å². The number of carbonyl (C=O) groups is 1. The highest BCUT2D eigenvalue weighted by Gasteiger charge is 2.09. The van der Waals surface area contributed by atoms with Crippen LogP contribution in [0.4, 0.5) is 0 Å². The Morgan fingerprint density at radius 1 is 1.47 bits per heavy atom. The van der Waals surface area contributed by atoms with Gasteiger partial charge >= 0.3 is 0 Å². The van der Waals surface area contributed by atoms with Gasteiger partial charge in [0.25, 0.3) is 5.91 Å². The number of hydrogen-bond donors (Lipinski definition) is 2. The Labute approximate surface area is 87.9 Å². The van der Waals surface area contributed by atoms with Crippen molar-refractivity contribution < 1.29 is 10.0 Å². The van der Waals surface area contributed by atoms with Crippen LogP contribution in [0, 0.1) is 0 Å². The summed E-state index contributed by atoms with van der Waals surface area (Å²) in [6.45, 7) is 3.25. The van der Waals surface area contributed by atoms with E-state index in [1.165, 1.54) is 0 Å². The zero-order chi connectivity index (χ0) is 11.3. The maximum absolute atomic E-state index is 11.4. The van der Waals surface area contributed by atoms with Gasteiger partial charge in [-0.3, -0.25) is 4.79 Å². The van der Waals surface area contributed by atoms with Gasteiger partial charge in [0.05, 0.1) is 11.4 Å². The molecule has 0 atom stereocenters.